The molecule has 8 amide bonds. The summed E-state index contributed by atoms with van der Waals surface area (Å²) in [5, 5.41) is 36.3. The largest absolute Gasteiger partial charge is 0.480 e. The van der Waals surface area contributed by atoms with Gasteiger partial charge in [0.15, 0.2) is 0 Å². The van der Waals surface area contributed by atoms with Gasteiger partial charge in [-0.1, -0.05) is 41.5 Å². The summed E-state index contributed by atoms with van der Waals surface area (Å²) in [5.41, 5.74) is 5.84. The summed E-state index contributed by atoms with van der Waals surface area (Å²) in [5.74, 6) is -7.90. The number of hydrogen-bond acceptors (Lipinski definition) is 12. The Morgan fingerprint density at radius 2 is 1.23 bits per heavy atom. The normalized spacial score (nSPS) is 18.2. The molecule has 9 atom stereocenters. The Balaban J connectivity index is 3.01. The summed E-state index contributed by atoms with van der Waals surface area (Å²) in [6, 6.07) is -9.18. The smallest absolute Gasteiger partial charge is 0.322 e. The number of carboxylic acid groups (broad SMARTS) is 1. The molecule has 0 aliphatic carbocycles. The number of carbonyl (C=O) groups is 9. The maximum atomic E-state index is 13.9. The van der Waals surface area contributed by atoms with Crippen LogP contribution in [0.15, 0.2) is 0 Å². The number of carboxylic acids is 1. The van der Waals surface area contributed by atoms with E-state index in [0.717, 1.165) is 0 Å². The molecule has 0 spiro atoms. The molecule has 0 unspecified atom stereocenters. The van der Waals surface area contributed by atoms with Crippen LogP contribution in [0, 0.1) is 17.8 Å². The first-order chi connectivity index (χ1) is 26.4. The number of nitrogens with zero attached hydrogens (tertiary/aromatic N) is 1. The van der Waals surface area contributed by atoms with Gasteiger partial charge in [-0.15, -0.1) is 0 Å². The van der Waals surface area contributed by atoms with E-state index in [1.54, 1.807) is 27.7 Å². The van der Waals surface area contributed by atoms with Gasteiger partial charge in [0.25, 0.3) is 0 Å². The van der Waals surface area contributed by atoms with E-state index in [2.05, 4.69) is 49.8 Å². The van der Waals surface area contributed by atoms with Crippen LogP contribution in [0.3, 0.4) is 0 Å². The molecule has 1 aliphatic rings. The minimum Gasteiger partial charge on any atom is -0.480 e. The van der Waals surface area contributed by atoms with Gasteiger partial charge >= 0.3 is 5.97 Å². The van der Waals surface area contributed by atoms with Crippen LogP contribution < -0.4 is 43.0 Å². The number of amides is 8. The van der Waals surface area contributed by atoms with Crippen molar-refractivity contribution in [1.82, 2.24) is 42.1 Å². The molecule has 21 heteroatoms. The van der Waals surface area contributed by atoms with E-state index in [1.807, 2.05) is 13.8 Å². The van der Waals surface area contributed by atoms with Crippen molar-refractivity contribution in [2.75, 3.05) is 18.8 Å². The molecule has 1 rings (SSSR count). The fourth-order valence-electron chi connectivity index (χ4n) is 5.73. The molecule has 1 saturated heterocycles. The van der Waals surface area contributed by atoms with Crippen LogP contribution in [0.5, 0.6) is 0 Å². The van der Waals surface area contributed by atoms with Crippen molar-refractivity contribution >= 4 is 65.9 Å². The van der Waals surface area contributed by atoms with Gasteiger partial charge in [0.1, 0.15) is 48.8 Å². The molecular formula is C36H63N9O11S. The van der Waals surface area contributed by atoms with Crippen molar-refractivity contribution in [3.63, 3.8) is 0 Å². The van der Waals surface area contributed by atoms with Crippen molar-refractivity contribution in [2.24, 2.45) is 23.5 Å². The summed E-state index contributed by atoms with van der Waals surface area (Å²) in [6.07, 6.45) is -0.444. The highest BCUT2D eigenvalue weighted by molar-refractivity contribution is 7.80. The standard InChI is InChI=1S/C36H63N9O11S/c1-16(2)13-22(41-30(50)20(8)39-29(49)19(7)40-35(55)28(21(9)46)44-34(54)26(37)17(3)4)32(52)43-27(18(5)6)36(56)45-12-10-11-24(45)33(53)42-23(15-57)31(51)38-14-25(47)48/h16-24,26-28,46,57H,10-15,37H2,1-9H3,(H,38,51)(H,39,49)(H,40,55)(H,41,50)(H,42,53)(H,43,52)(H,44,54)(H,47,48)/t19-,20-,21+,22-,23-,24-,26-,27-,28-/m0/s1. The van der Waals surface area contributed by atoms with Gasteiger partial charge in [-0.3, -0.25) is 43.2 Å². The highest BCUT2D eigenvalue weighted by Gasteiger charge is 2.40. The van der Waals surface area contributed by atoms with E-state index >= 15 is 0 Å². The predicted octanol–water partition coefficient (Wildman–Crippen LogP) is -2.88. The van der Waals surface area contributed by atoms with E-state index in [4.69, 9.17) is 10.8 Å². The molecule has 57 heavy (non-hydrogen) atoms. The monoisotopic (exact) mass is 829 g/mol. The average Bonchev–Trinajstić information content (AvgIpc) is 3.62. The zero-order chi connectivity index (χ0) is 43.9. The number of thiol groups is 1. The van der Waals surface area contributed by atoms with Crippen molar-refractivity contribution in [3.05, 3.63) is 0 Å². The van der Waals surface area contributed by atoms with Gasteiger partial charge in [0.2, 0.25) is 47.3 Å². The Morgan fingerprint density at radius 3 is 1.72 bits per heavy atom. The SMILES string of the molecule is CC(C)C[C@H](NC(=O)[C@H](C)NC(=O)[C@H](C)NC(=O)[C@@H](NC(=O)[C@@H](N)C(C)C)[C@@H](C)O)C(=O)N[C@H](C(=O)N1CCC[C@H]1C(=O)N[C@@H](CS)C(=O)NCC(=O)O)C(C)C. The Morgan fingerprint density at radius 1 is 0.684 bits per heavy atom. The maximum Gasteiger partial charge on any atom is 0.322 e. The Labute approximate surface area is 339 Å². The number of hydrogen-bond donors (Lipinski definition) is 11. The Hall–Kier alpha value is -4.50. The van der Waals surface area contributed by atoms with E-state index in [9.17, 15) is 48.3 Å². The molecule has 1 aliphatic heterocycles. The molecule has 0 aromatic carbocycles. The third-order valence-corrected chi connectivity index (χ3v) is 9.59. The van der Waals surface area contributed by atoms with Crippen LogP contribution in [-0.2, 0) is 43.2 Å². The van der Waals surface area contributed by atoms with Gasteiger partial charge in [0.05, 0.1) is 12.1 Å². The lowest BCUT2D eigenvalue weighted by Crippen LogP contribution is -2.61. The van der Waals surface area contributed by atoms with Crippen molar-refractivity contribution in [1.29, 1.82) is 0 Å². The van der Waals surface area contributed by atoms with Crippen LogP contribution in [0.2, 0.25) is 0 Å². The van der Waals surface area contributed by atoms with Crippen LogP contribution in [0.4, 0.5) is 0 Å². The van der Waals surface area contributed by atoms with Crippen LogP contribution >= 0.6 is 12.6 Å². The minimum atomic E-state index is -1.42. The minimum absolute atomic E-state index is 0.106. The van der Waals surface area contributed by atoms with E-state index in [0.29, 0.717) is 6.42 Å². The molecule has 11 N–H and O–H groups in total. The van der Waals surface area contributed by atoms with Crippen LogP contribution in [-0.4, -0.2) is 142 Å². The lowest BCUT2D eigenvalue weighted by molar-refractivity contribution is -0.143. The molecule has 1 fully saturated rings. The van der Waals surface area contributed by atoms with Gasteiger partial charge in [0, 0.05) is 12.3 Å². The fraction of sp³-hybridized carbons (Fsp3) is 0.750. The number of aliphatic hydroxyl groups excluding tert-OH is 1. The topological polar surface area (TPSA) is 308 Å². The molecule has 20 nitrogen and oxygen atoms in total. The third kappa shape index (κ3) is 16.1. The third-order valence-electron chi connectivity index (χ3n) is 9.23. The number of aliphatic carboxylic acids is 1. The first-order valence-electron chi connectivity index (χ1n) is 19.1. The van der Waals surface area contributed by atoms with Crippen molar-refractivity contribution < 1.29 is 53.4 Å². The summed E-state index contributed by atoms with van der Waals surface area (Å²) in [4.78, 5) is 117. The molecule has 324 valence electrons. The highest BCUT2D eigenvalue weighted by Crippen LogP contribution is 2.21. The maximum absolute atomic E-state index is 13.9. The molecule has 0 saturated carbocycles. The number of nitrogens with two attached hydrogens (primary N) is 1. The number of aliphatic hydroxyl groups is 1. The number of rotatable bonds is 22. The van der Waals surface area contributed by atoms with E-state index < -0.39 is 120 Å². The van der Waals surface area contributed by atoms with Crippen LogP contribution in [0.1, 0.15) is 81.6 Å². The summed E-state index contributed by atoms with van der Waals surface area (Å²) in [7, 11) is 0. The quantitative estimate of drug-likeness (QED) is 0.0491. The Bertz CT molecular complexity index is 1460. The predicted molar refractivity (Wildman–Crippen MR) is 211 cm³/mol. The van der Waals surface area contributed by atoms with Gasteiger partial charge in [-0.05, 0) is 57.8 Å². The summed E-state index contributed by atoms with van der Waals surface area (Å²) in [6.45, 7) is 14.0. The zero-order valence-corrected chi connectivity index (χ0v) is 35.1. The highest BCUT2D eigenvalue weighted by atomic mass is 32.1. The fourth-order valence-corrected chi connectivity index (χ4v) is 5.98. The molecule has 0 aromatic rings. The lowest BCUT2D eigenvalue weighted by Gasteiger charge is -2.32. The Kier molecular flexibility index (Phi) is 21.0. The first kappa shape index (κ1) is 50.5. The van der Waals surface area contributed by atoms with Gasteiger partial charge < -0.3 is 58.1 Å². The first-order valence-corrected chi connectivity index (χ1v) is 19.7. The molecule has 1 heterocycles. The lowest BCUT2D eigenvalue weighted by atomic mass is 9.99. The average molecular weight is 830 g/mol. The molecule has 0 radical (unpaired) electrons. The molecule has 0 bridgehead atoms. The van der Waals surface area contributed by atoms with E-state index in [1.165, 1.54) is 25.7 Å². The molecule has 0 aromatic heterocycles. The summed E-state index contributed by atoms with van der Waals surface area (Å²) < 4.78 is 0. The second-order valence-electron chi connectivity index (χ2n) is 15.4. The number of nitrogens with one attached hydrogen (secondary N) is 7. The number of likely N-dealkylation sites (tertiary alicyclic amines) is 1. The van der Waals surface area contributed by atoms with Gasteiger partial charge in [-0.2, -0.15) is 12.6 Å². The van der Waals surface area contributed by atoms with E-state index in [-0.39, 0.29) is 37.0 Å². The molecular weight excluding hydrogens is 767 g/mol. The number of carbonyl (C=O) groups excluding carboxylic acids is 8. The van der Waals surface area contributed by atoms with Crippen molar-refractivity contribution in [3.8, 4) is 0 Å². The summed E-state index contributed by atoms with van der Waals surface area (Å²) >= 11 is 4.08. The second-order valence-corrected chi connectivity index (χ2v) is 15.8. The van der Waals surface area contributed by atoms with Crippen LogP contribution in [0.25, 0.3) is 0 Å². The van der Waals surface area contributed by atoms with Crippen molar-refractivity contribution in [2.45, 2.75) is 136 Å². The van der Waals surface area contributed by atoms with Gasteiger partial charge in [-0.25, -0.2) is 0 Å². The zero-order valence-electron chi connectivity index (χ0n) is 34.2. The second kappa shape index (κ2) is 23.7.